The number of halogens is 1. The fraction of sp³-hybridized carbons (Fsp3) is 0.538. The van der Waals surface area contributed by atoms with Gasteiger partial charge in [0.2, 0.25) is 0 Å². The van der Waals surface area contributed by atoms with E-state index in [0.717, 1.165) is 16.9 Å². The molecule has 1 nitrogen and oxygen atoms in total. The van der Waals surface area contributed by atoms with E-state index in [0.29, 0.717) is 0 Å². The summed E-state index contributed by atoms with van der Waals surface area (Å²) in [5.41, 5.74) is 1.43. The van der Waals surface area contributed by atoms with Crippen LogP contribution in [0.15, 0.2) is 28.7 Å². The highest BCUT2D eigenvalue weighted by atomic mass is 79.9. The smallest absolute Gasteiger partial charge is 0.0175 e. The molecule has 0 aliphatic heterocycles. The Morgan fingerprint density at radius 1 is 1.31 bits per heavy atom. The van der Waals surface area contributed by atoms with Gasteiger partial charge >= 0.3 is 0 Å². The zero-order chi connectivity index (χ0) is 11.8. The standard InChI is InChI=1S/C13H20BrNS/c1-15-10-12(7-8-16-2)9-11-3-5-13(14)6-4-11/h3-6,12,15H,7-10H2,1-2H3. The Morgan fingerprint density at radius 2 is 2.00 bits per heavy atom. The van der Waals surface area contributed by atoms with Crippen LogP contribution in [-0.4, -0.2) is 25.6 Å². The molecule has 3 heteroatoms. The van der Waals surface area contributed by atoms with Gasteiger partial charge in [0.25, 0.3) is 0 Å². The second-order valence-corrected chi connectivity index (χ2v) is 5.94. The molecule has 1 unspecified atom stereocenters. The lowest BCUT2D eigenvalue weighted by atomic mass is 9.97. The second-order valence-electron chi connectivity index (χ2n) is 4.04. The van der Waals surface area contributed by atoms with Gasteiger partial charge in [-0.15, -0.1) is 0 Å². The maximum absolute atomic E-state index is 3.47. The maximum Gasteiger partial charge on any atom is 0.0175 e. The molecule has 1 atom stereocenters. The van der Waals surface area contributed by atoms with Gasteiger partial charge in [0, 0.05) is 4.47 Å². The number of rotatable bonds is 7. The average molecular weight is 302 g/mol. The van der Waals surface area contributed by atoms with Crippen LogP contribution in [0.2, 0.25) is 0 Å². The Morgan fingerprint density at radius 3 is 2.56 bits per heavy atom. The Balaban J connectivity index is 2.49. The second kappa shape index (κ2) is 8.15. The van der Waals surface area contributed by atoms with Crippen LogP contribution in [0.25, 0.3) is 0 Å². The lowest BCUT2D eigenvalue weighted by Gasteiger charge is -2.16. The van der Waals surface area contributed by atoms with E-state index in [-0.39, 0.29) is 0 Å². The summed E-state index contributed by atoms with van der Waals surface area (Å²) in [4.78, 5) is 0. The summed E-state index contributed by atoms with van der Waals surface area (Å²) in [6.45, 7) is 1.11. The SMILES string of the molecule is CNCC(CCSC)Cc1ccc(Br)cc1. The molecular formula is C13H20BrNS. The topological polar surface area (TPSA) is 12.0 Å². The van der Waals surface area contributed by atoms with E-state index in [4.69, 9.17) is 0 Å². The van der Waals surface area contributed by atoms with Gasteiger partial charge in [0.15, 0.2) is 0 Å². The van der Waals surface area contributed by atoms with Crippen molar-refractivity contribution < 1.29 is 0 Å². The summed E-state index contributed by atoms with van der Waals surface area (Å²) in [6, 6.07) is 8.68. The fourth-order valence-electron chi connectivity index (χ4n) is 1.80. The largest absolute Gasteiger partial charge is 0.319 e. The van der Waals surface area contributed by atoms with E-state index in [9.17, 15) is 0 Å². The predicted molar refractivity (Wildman–Crippen MR) is 78.3 cm³/mol. The Hall–Kier alpha value is 0.01000. The van der Waals surface area contributed by atoms with Crippen LogP contribution in [0.1, 0.15) is 12.0 Å². The first-order valence-electron chi connectivity index (χ1n) is 5.64. The van der Waals surface area contributed by atoms with Gasteiger partial charge in [0.05, 0.1) is 0 Å². The van der Waals surface area contributed by atoms with Crippen LogP contribution in [0, 0.1) is 5.92 Å². The molecule has 0 amide bonds. The summed E-state index contributed by atoms with van der Waals surface area (Å²) >= 11 is 5.40. The molecule has 0 bridgehead atoms. The Bertz CT molecular complexity index is 286. The van der Waals surface area contributed by atoms with Crippen molar-refractivity contribution in [2.75, 3.05) is 25.6 Å². The van der Waals surface area contributed by atoms with E-state index in [2.05, 4.69) is 51.8 Å². The third-order valence-corrected chi connectivity index (χ3v) is 3.83. The number of benzene rings is 1. The van der Waals surface area contributed by atoms with Crippen molar-refractivity contribution in [2.45, 2.75) is 12.8 Å². The van der Waals surface area contributed by atoms with Crippen molar-refractivity contribution in [3.8, 4) is 0 Å². The summed E-state index contributed by atoms with van der Waals surface area (Å²) in [6.07, 6.45) is 4.64. The minimum Gasteiger partial charge on any atom is -0.319 e. The van der Waals surface area contributed by atoms with Gasteiger partial charge in [0.1, 0.15) is 0 Å². The molecule has 0 aliphatic rings. The van der Waals surface area contributed by atoms with Crippen molar-refractivity contribution in [2.24, 2.45) is 5.92 Å². The molecule has 90 valence electrons. The molecule has 0 fully saturated rings. The number of hydrogen-bond acceptors (Lipinski definition) is 2. The van der Waals surface area contributed by atoms with Gasteiger partial charge < -0.3 is 5.32 Å². The molecule has 0 aliphatic carbocycles. The number of hydrogen-bond donors (Lipinski definition) is 1. The van der Waals surface area contributed by atoms with E-state index >= 15 is 0 Å². The molecule has 0 radical (unpaired) electrons. The third kappa shape index (κ3) is 5.37. The zero-order valence-electron chi connectivity index (χ0n) is 10.0. The summed E-state index contributed by atoms with van der Waals surface area (Å²) in [5.74, 6) is 2.00. The molecule has 1 rings (SSSR count). The highest BCUT2D eigenvalue weighted by Crippen LogP contribution is 2.16. The molecule has 0 saturated carbocycles. The lowest BCUT2D eigenvalue weighted by molar-refractivity contribution is 0.485. The van der Waals surface area contributed by atoms with Crippen LogP contribution in [-0.2, 0) is 6.42 Å². The van der Waals surface area contributed by atoms with Crippen LogP contribution in [0.5, 0.6) is 0 Å². The quantitative estimate of drug-likeness (QED) is 0.826. The first-order valence-corrected chi connectivity index (χ1v) is 7.83. The Labute approximate surface area is 112 Å². The minimum atomic E-state index is 0.749. The summed E-state index contributed by atoms with van der Waals surface area (Å²) < 4.78 is 1.16. The molecule has 1 aromatic rings. The Kier molecular flexibility index (Phi) is 7.17. The van der Waals surface area contributed by atoms with Gasteiger partial charge in [-0.3, -0.25) is 0 Å². The van der Waals surface area contributed by atoms with E-state index in [1.54, 1.807) is 0 Å². The monoisotopic (exact) mass is 301 g/mol. The van der Waals surface area contributed by atoms with Crippen LogP contribution in [0.3, 0.4) is 0 Å². The van der Waals surface area contributed by atoms with E-state index in [1.807, 2.05) is 18.8 Å². The molecule has 16 heavy (non-hydrogen) atoms. The summed E-state index contributed by atoms with van der Waals surface area (Å²) in [5, 5.41) is 3.29. The van der Waals surface area contributed by atoms with Gasteiger partial charge in [-0.2, -0.15) is 11.8 Å². The maximum atomic E-state index is 3.47. The molecule has 0 heterocycles. The molecular weight excluding hydrogens is 282 g/mol. The van der Waals surface area contributed by atoms with Crippen LogP contribution >= 0.6 is 27.7 Å². The van der Waals surface area contributed by atoms with E-state index in [1.165, 1.54) is 24.2 Å². The first kappa shape index (κ1) is 14.1. The van der Waals surface area contributed by atoms with Crippen molar-refractivity contribution in [1.29, 1.82) is 0 Å². The number of nitrogens with one attached hydrogen (secondary N) is 1. The average Bonchev–Trinajstić information content (AvgIpc) is 2.29. The molecule has 0 saturated heterocycles. The van der Waals surface area contributed by atoms with Crippen molar-refractivity contribution in [3.63, 3.8) is 0 Å². The van der Waals surface area contributed by atoms with Crippen molar-refractivity contribution in [1.82, 2.24) is 5.32 Å². The molecule has 1 aromatic carbocycles. The van der Waals surface area contributed by atoms with Crippen molar-refractivity contribution in [3.05, 3.63) is 34.3 Å². The fourth-order valence-corrected chi connectivity index (χ4v) is 2.64. The van der Waals surface area contributed by atoms with Crippen molar-refractivity contribution >= 4 is 27.7 Å². The van der Waals surface area contributed by atoms with Gasteiger partial charge in [-0.1, -0.05) is 28.1 Å². The first-order chi connectivity index (χ1) is 7.76. The predicted octanol–water partition coefficient (Wildman–Crippen LogP) is 3.58. The number of thioether (sulfide) groups is 1. The molecule has 0 aromatic heterocycles. The van der Waals surface area contributed by atoms with E-state index < -0.39 is 0 Å². The highest BCUT2D eigenvalue weighted by molar-refractivity contribution is 9.10. The van der Waals surface area contributed by atoms with Gasteiger partial charge in [-0.25, -0.2) is 0 Å². The zero-order valence-corrected chi connectivity index (χ0v) is 12.4. The van der Waals surface area contributed by atoms with Crippen LogP contribution < -0.4 is 5.32 Å². The van der Waals surface area contributed by atoms with Crippen LogP contribution in [0.4, 0.5) is 0 Å². The normalized spacial score (nSPS) is 12.7. The minimum absolute atomic E-state index is 0.749. The highest BCUT2D eigenvalue weighted by Gasteiger charge is 2.08. The third-order valence-electron chi connectivity index (χ3n) is 2.66. The lowest BCUT2D eigenvalue weighted by Crippen LogP contribution is -2.21. The molecule has 0 spiro atoms. The summed E-state index contributed by atoms with van der Waals surface area (Å²) in [7, 11) is 2.04. The van der Waals surface area contributed by atoms with Gasteiger partial charge in [-0.05, 0) is 62.1 Å². The molecule has 1 N–H and O–H groups in total.